The average molecular weight is 397 g/mol. The molecule has 0 unspecified atom stereocenters. The number of aryl methyl sites for hydroxylation is 1. The number of fused-ring (bicyclic) bond motifs is 3. The number of amides is 1. The van der Waals surface area contributed by atoms with Gasteiger partial charge in [-0.05, 0) is 69.8 Å². The number of carbonyl (C=O) groups excluding carboxylic acids is 1. The molecular formula is C22H28N4OS. The number of allylic oxidation sites excluding steroid dienone is 1. The Morgan fingerprint density at radius 1 is 1.32 bits per heavy atom. The van der Waals surface area contributed by atoms with Crippen molar-refractivity contribution < 1.29 is 4.79 Å². The zero-order chi connectivity index (χ0) is 19.1. The van der Waals surface area contributed by atoms with Crippen molar-refractivity contribution in [1.29, 1.82) is 0 Å². The molecule has 1 saturated heterocycles. The second kappa shape index (κ2) is 7.47. The normalized spacial score (nSPS) is 24.0. The number of aromatic nitrogens is 2. The van der Waals surface area contributed by atoms with Gasteiger partial charge in [0, 0.05) is 19.1 Å². The van der Waals surface area contributed by atoms with Gasteiger partial charge in [0.15, 0.2) is 0 Å². The lowest BCUT2D eigenvalue weighted by atomic mass is 9.97. The monoisotopic (exact) mass is 396 g/mol. The predicted molar refractivity (Wildman–Crippen MR) is 114 cm³/mol. The fraction of sp³-hybridized carbons (Fsp3) is 0.591. The van der Waals surface area contributed by atoms with E-state index in [0.29, 0.717) is 6.04 Å². The largest absolute Gasteiger partial charge is 0.369 e. The number of likely N-dealkylation sites (tertiary alicyclic amines) is 1. The van der Waals surface area contributed by atoms with Crippen molar-refractivity contribution in [2.75, 3.05) is 18.4 Å². The molecule has 2 fully saturated rings. The molecule has 5 rings (SSSR count). The van der Waals surface area contributed by atoms with Gasteiger partial charge in [-0.3, -0.25) is 4.79 Å². The van der Waals surface area contributed by atoms with Crippen LogP contribution in [0.2, 0.25) is 0 Å². The minimum atomic E-state index is 0.200. The summed E-state index contributed by atoms with van der Waals surface area (Å²) in [5.74, 6) is 1.79. The van der Waals surface area contributed by atoms with Crippen LogP contribution in [0.5, 0.6) is 0 Å². The molecule has 6 heteroatoms. The van der Waals surface area contributed by atoms with Crippen LogP contribution < -0.4 is 5.32 Å². The van der Waals surface area contributed by atoms with E-state index < -0.39 is 0 Å². The molecule has 28 heavy (non-hydrogen) atoms. The number of anilines is 1. The maximum Gasteiger partial charge on any atom is 0.264 e. The third-order valence-electron chi connectivity index (χ3n) is 6.71. The van der Waals surface area contributed by atoms with Crippen LogP contribution in [0, 0.1) is 12.8 Å². The Hall–Kier alpha value is -1.95. The molecule has 1 amide bonds. The number of hydrogen-bond donors (Lipinski definition) is 1. The number of piperidine rings is 1. The summed E-state index contributed by atoms with van der Waals surface area (Å²) >= 11 is 1.53. The highest BCUT2D eigenvalue weighted by molar-refractivity contribution is 7.20. The molecule has 1 saturated carbocycles. The minimum absolute atomic E-state index is 0.200. The molecule has 2 bridgehead atoms. The van der Waals surface area contributed by atoms with E-state index in [1.807, 2.05) is 0 Å². The first-order valence-corrected chi connectivity index (χ1v) is 11.5. The Labute approximate surface area is 170 Å². The van der Waals surface area contributed by atoms with Crippen molar-refractivity contribution in [3.8, 4) is 0 Å². The van der Waals surface area contributed by atoms with E-state index in [1.165, 1.54) is 56.3 Å². The first-order valence-electron chi connectivity index (χ1n) is 10.7. The molecule has 3 aliphatic rings. The smallest absolute Gasteiger partial charge is 0.264 e. The van der Waals surface area contributed by atoms with Crippen LogP contribution in [-0.2, 0) is 0 Å². The Kier molecular flexibility index (Phi) is 4.83. The molecule has 0 aromatic carbocycles. The molecule has 148 valence electrons. The summed E-state index contributed by atoms with van der Waals surface area (Å²) in [5.41, 5.74) is 2.60. The zero-order valence-electron chi connectivity index (χ0n) is 16.5. The standard InChI is InChI=1S/C22H28N4OS/c1-14-18-20(23-10-9-15-5-3-2-4-6-15)24-13-25-21(18)28-19(14)22(27)26-12-16-7-8-17(26)11-16/h5,13,16-17H,2-4,6-12H2,1H3,(H,23,24,25)/t16-,17+/m1/s1. The van der Waals surface area contributed by atoms with Gasteiger partial charge in [0.1, 0.15) is 17.0 Å². The summed E-state index contributed by atoms with van der Waals surface area (Å²) < 4.78 is 0. The van der Waals surface area contributed by atoms with Crippen molar-refractivity contribution in [1.82, 2.24) is 14.9 Å². The Bertz CT molecular complexity index is 934. The number of rotatable bonds is 5. The van der Waals surface area contributed by atoms with Gasteiger partial charge < -0.3 is 10.2 Å². The molecule has 2 atom stereocenters. The van der Waals surface area contributed by atoms with Crippen LogP contribution in [0.15, 0.2) is 18.0 Å². The summed E-state index contributed by atoms with van der Waals surface area (Å²) in [6, 6.07) is 0.453. The van der Waals surface area contributed by atoms with Crippen LogP contribution in [0.25, 0.3) is 10.2 Å². The number of nitrogens with zero attached hydrogens (tertiary/aromatic N) is 3. The van der Waals surface area contributed by atoms with E-state index in [2.05, 4.69) is 33.2 Å². The molecule has 0 spiro atoms. The van der Waals surface area contributed by atoms with Crippen molar-refractivity contribution in [3.05, 3.63) is 28.4 Å². The fourth-order valence-electron chi connectivity index (χ4n) is 5.19. The van der Waals surface area contributed by atoms with Gasteiger partial charge in [-0.15, -0.1) is 11.3 Å². The number of thiophene rings is 1. The van der Waals surface area contributed by atoms with E-state index >= 15 is 0 Å². The quantitative estimate of drug-likeness (QED) is 0.728. The summed E-state index contributed by atoms with van der Waals surface area (Å²) in [6.45, 7) is 3.87. The van der Waals surface area contributed by atoms with E-state index in [-0.39, 0.29) is 5.91 Å². The summed E-state index contributed by atoms with van der Waals surface area (Å²) in [5, 5.41) is 4.54. The zero-order valence-corrected chi connectivity index (χ0v) is 17.4. The molecule has 1 aliphatic heterocycles. The van der Waals surface area contributed by atoms with Crippen LogP contribution >= 0.6 is 11.3 Å². The van der Waals surface area contributed by atoms with E-state index in [9.17, 15) is 4.79 Å². The van der Waals surface area contributed by atoms with E-state index in [4.69, 9.17) is 0 Å². The van der Waals surface area contributed by atoms with Crippen LogP contribution in [0.3, 0.4) is 0 Å². The van der Waals surface area contributed by atoms with Gasteiger partial charge in [0.25, 0.3) is 5.91 Å². The van der Waals surface area contributed by atoms with Gasteiger partial charge in [-0.2, -0.15) is 0 Å². The lowest BCUT2D eigenvalue weighted by Gasteiger charge is -2.26. The summed E-state index contributed by atoms with van der Waals surface area (Å²) in [6.07, 6.45) is 13.8. The van der Waals surface area contributed by atoms with E-state index in [1.54, 1.807) is 11.9 Å². The second-order valence-corrected chi connectivity index (χ2v) is 9.53. The second-order valence-electron chi connectivity index (χ2n) is 8.53. The third kappa shape index (κ3) is 3.21. The van der Waals surface area contributed by atoms with Gasteiger partial charge >= 0.3 is 0 Å². The maximum absolute atomic E-state index is 13.2. The highest BCUT2D eigenvalue weighted by Gasteiger charge is 2.41. The molecule has 2 aromatic heterocycles. The fourth-order valence-corrected chi connectivity index (χ4v) is 6.29. The summed E-state index contributed by atoms with van der Waals surface area (Å²) in [7, 11) is 0. The first kappa shape index (κ1) is 18.1. The Balaban J connectivity index is 1.36. The molecule has 5 nitrogen and oxygen atoms in total. The highest BCUT2D eigenvalue weighted by atomic mass is 32.1. The van der Waals surface area contributed by atoms with Gasteiger partial charge in [0.2, 0.25) is 0 Å². The molecule has 3 heterocycles. The molecular weight excluding hydrogens is 368 g/mol. The topological polar surface area (TPSA) is 58.1 Å². The number of hydrogen-bond acceptors (Lipinski definition) is 5. The number of carbonyl (C=O) groups is 1. The van der Waals surface area contributed by atoms with Crippen molar-refractivity contribution in [2.24, 2.45) is 5.92 Å². The Morgan fingerprint density at radius 3 is 3.00 bits per heavy atom. The highest BCUT2D eigenvalue weighted by Crippen LogP contribution is 2.40. The average Bonchev–Trinajstić information content (AvgIpc) is 3.43. The van der Waals surface area contributed by atoms with Crippen molar-refractivity contribution in [3.63, 3.8) is 0 Å². The SMILES string of the molecule is Cc1c(C(=O)N2C[C@@H]3CC[C@H]2C3)sc2ncnc(NCCC3=CCCCC3)c12. The molecule has 0 radical (unpaired) electrons. The van der Waals surface area contributed by atoms with Crippen LogP contribution in [0.4, 0.5) is 5.82 Å². The molecule has 2 aromatic rings. The lowest BCUT2D eigenvalue weighted by molar-refractivity contribution is 0.0708. The van der Waals surface area contributed by atoms with Gasteiger partial charge in [-0.25, -0.2) is 9.97 Å². The molecule has 1 N–H and O–H groups in total. The predicted octanol–water partition coefficient (Wildman–Crippen LogP) is 4.93. The van der Waals surface area contributed by atoms with Gasteiger partial charge in [-0.1, -0.05) is 11.6 Å². The van der Waals surface area contributed by atoms with Gasteiger partial charge in [0.05, 0.1) is 10.3 Å². The Morgan fingerprint density at radius 2 is 2.25 bits per heavy atom. The first-order chi connectivity index (χ1) is 13.7. The minimum Gasteiger partial charge on any atom is -0.369 e. The van der Waals surface area contributed by atoms with E-state index in [0.717, 1.165) is 51.9 Å². The van der Waals surface area contributed by atoms with Crippen molar-refractivity contribution in [2.45, 2.75) is 64.3 Å². The lowest BCUT2D eigenvalue weighted by Crippen LogP contribution is -2.37. The maximum atomic E-state index is 13.2. The third-order valence-corrected chi connectivity index (χ3v) is 7.90. The number of nitrogens with one attached hydrogen (secondary N) is 1. The molecule has 2 aliphatic carbocycles. The van der Waals surface area contributed by atoms with Crippen LogP contribution in [-0.4, -0.2) is 39.9 Å². The van der Waals surface area contributed by atoms with Crippen molar-refractivity contribution >= 4 is 33.3 Å². The van der Waals surface area contributed by atoms with Crippen LogP contribution in [0.1, 0.15) is 66.6 Å². The summed E-state index contributed by atoms with van der Waals surface area (Å²) in [4.78, 5) is 26.1.